The monoisotopic (exact) mass is 479 g/mol. The van der Waals surface area contributed by atoms with Gasteiger partial charge in [-0.1, -0.05) is 6.07 Å². The number of rotatable bonds is 8. The van der Waals surface area contributed by atoms with Gasteiger partial charge in [0, 0.05) is 24.3 Å². The molecule has 1 saturated heterocycles. The van der Waals surface area contributed by atoms with Gasteiger partial charge >= 0.3 is 5.97 Å². The standard InChI is InChI=1S/C21H22FN3O7S/c22-16-3-1-2-15(12-16)21(28)23-13-20(27)32-14-19(26)24-17-4-6-18(7-5-17)33(29,30)25-8-10-31-11-9-25/h1-7,12H,8-11,13-14H2,(H,23,28)(H,24,26). The van der Waals surface area contributed by atoms with E-state index < -0.39 is 46.8 Å². The number of sulfonamides is 1. The van der Waals surface area contributed by atoms with E-state index in [0.717, 1.165) is 6.07 Å². The lowest BCUT2D eigenvalue weighted by molar-refractivity contribution is -0.146. The Morgan fingerprint density at radius 1 is 1.06 bits per heavy atom. The molecule has 1 heterocycles. The second kappa shape index (κ2) is 11.0. The van der Waals surface area contributed by atoms with Crippen molar-refractivity contribution in [2.24, 2.45) is 0 Å². The largest absolute Gasteiger partial charge is 0.454 e. The molecule has 0 saturated carbocycles. The third kappa shape index (κ3) is 6.81. The highest BCUT2D eigenvalue weighted by Gasteiger charge is 2.26. The summed E-state index contributed by atoms with van der Waals surface area (Å²) in [7, 11) is -3.65. The van der Waals surface area contributed by atoms with Gasteiger partial charge in [-0.05, 0) is 42.5 Å². The van der Waals surface area contributed by atoms with Crippen molar-refractivity contribution in [2.45, 2.75) is 4.90 Å². The van der Waals surface area contributed by atoms with Crippen molar-refractivity contribution < 1.29 is 36.7 Å². The van der Waals surface area contributed by atoms with Gasteiger partial charge < -0.3 is 20.1 Å². The molecule has 1 fully saturated rings. The highest BCUT2D eigenvalue weighted by Crippen LogP contribution is 2.19. The number of halogens is 1. The van der Waals surface area contributed by atoms with Crippen molar-refractivity contribution in [1.82, 2.24) is 9.62 Å². The normalized spacial score (nSPS) is 14.3. The van der Waals surface area contributed by atoms with E-state index in [4.69, 9.17) is 9.47 Å². The van der Waals surface area contributed by atoms with Crippen molar-refractivity contribution in [1.29, 1.82) is 0 Å². The maximum atomic E-state index is 13.1. The molecule has 2 amide bonds. The van der Waals surface area contributed by atoms with E-state index in [1.807, 2.05) is 0 Å². The summed E-state index contributed by atoms with van der Waals surface area (Å²) in [5.41, 5.74) is 0.357. The first-order chi connectivity index (χ1) is 15.8. The minimum absolute atomic E-state index is 0.0413. The summed E-state index contributed by atoms with van der Waals surface area (Å²) in [4.78, 5) is 35.7. The number of carbonyl (C=O) groups is 3. The Balaban J connectivity index is 1.43. The Morgan fingerprint density at radius 3 is 2.42 bits per heavy atom. The SMILES string of the molecule is O=C(COC(=O)CNC(=O)c1cccc(F)c1)Nc1ccc(S(=O)(=O)N2CCOCC2)cc1. The van der Waals surface area contributed by atoms with E-state index in [-0.39, 0.29) is 23.5 Å². The number of hydrogen-bond donors (Lipinski definition) is 2. The van der Waals surface area contributed by atoms with Crippen LogP contribution in [-0.4, -0.2) is 70.0 Å². The number of esters is 1. The van der Waals surface area contributed by atoms with Gasteiger partial charge in [0.25, 0.3) is 11.8 Å². The van der Waals surface area contributed by atoms with Crippen LogP contribution in [0.2, 0.25) is 0 Å². The molecule has 3 rings (SSSR count). The quantitative estimate of drug-likeness (QED) is 0.535. The Hall–Kier alpha value is -3.35. The minimum atomic E-state index is -3.65. The van der Waals surface area contributed by atoms with Crippen LogP contribution < -0.4 is 10.6 Å². The second-order valence-corrected chi connectivity index (χ2v) is 8.88. The number of amides is 2. The molecule has 2 aromatic carbocycles. The average molecular weight is 479 g/mol. The zero-order valence-corrected chi connectivity index (χ0v) is 18.3. The molecule has 1 aliphatic rings. The molecule has 12 heteroatoms. The fraction of sp³-hybridized carbons (Fsp3) is 0.286. The van der Waals surface area contributed by atoms with Gasteiger partial charge in [0.05, 0.1) is 18.1 Å². The van der Waals surface area contributed by atoms with Crippen molar-refractivity contribution in [3.63, 3.8) is 0 Å². The third-order valence-electron chi connectivity index (χ3n) is 4.59. The van der Waals surface area contributed by atoms with Crippen LogP contribution in [0.25, 0.3) is 0 Å². The summed E-state index contributed by atoms with van der Waals surface area (Å²) in [6, 6.07) is 10.5. The van der Waals surface area contributed by atoms with E-state index in [1.54, 1.807) is 0 Å². The maximum Gasteiger partial charge on any atom is 0.325 e. The number of nitrogens with one attached hydrogen (secondary N) is 2. The van der Waals surface area contributed by atoms with E-state index in [9.17, 15) is 27.2 Å². The Bertz CT molecular complexity index is 1120. The summed E-state index contributed by atoms with van der Waals surface area (Å²) >= 11 is 0. The highest BCUT2D eigenvalue weighted by atomic mass is 32.2. The smallest absolute Gasteiger partial charge is 0.325 e. The summed E-state index contributed by atoms with van der Waals surface area (Å²) in [6.45, 7) is 0.101. The van der Waals surface area contributed by atoms with Gasteiger partial charge in [0.15, 0.2) is 6.61 Å². The van der Waals surface area contributed by atoms with Crippen molar-refractivity contribution in [2.75, 3.05) is 44.8 Å². The van der Waals surface area contributed by atoms with Gasteiger partial charge in [-0.2, -0.15) is 4.31 Å². The molecule has 0 aliphatic carbocycles. The number of morpholine rings is 1. The summed E-state index contributed by atoms with van der Waals surface area (Å²) < 4.78 is 49.6. The number of carbonyl (C=O) groups excluding carboxylic acids is 3. The molecule has 2 N–H and O–H groups in total. The number of hydrogen-bond acceptors (Lipinski definition) is 7. The fourth-order valence-corrected chi connectivity index (χ4v) is 4.33. The first kappa shape index (κ1) is 24.3. The first-order valence-corrected chi connectivity index (χ1v) is 11.4. The number of ether oxygens (including phenoxy) is 2. The van der Waals surface area contributed by atoms with Gasteiger partial charge in [-0.15, -0.1) is 0 Å². The molecular formula is C21H22FN3O7S. The van der Waals surface area contributed by atoms with E-state index in [0.29, 0.717) is 18.9 Å². The topological polar surface area (TPSA) is 131 Å². The molecule has 0 bridgehead atoms. The van der Waals surface area contributed by atoms with Crippen LogP contribution in [0.5, 0.6) is 0 Å². The van der Waals surface area contributed by atoms with Crippen LogP contribution >= 0.6 is 0 Å². The Kier molecular flexibility index (Phi) is 8.09. The Morgan fingerprint density at radius 2 is 1.76 bits per heavy atom. The maximum absolute atomic E-state index is 13.1. The fourth-order valence-electron chi connectivity index (χ4n) is 2.92. The number of anilines is 1. The molecule has 0 radical (unpaired) electrons. The lowest BCUT2D eigenvalue weighted by Gasteiger charge is -2.26. The van der Waals surface area contributed by atoms with E-state index >= 15 is 0 Å². The van der Waals surface area contributed by atoms with Crippen LogP contribution in [0.1, 0.15) is 10.4 Å². The van der Waals surface area contributed by atoms with E-state index in [2.05, 4.69) is 10.6 Å². The van der Waals surface area contributed by atoms with Gasteiger partial charge in [0.2, 0.25) is 10.0 Å². The molecule has 10 nitrogen and oxygen atoms in total. The molecule has 2 aromatic rings. The molecule has 0 spiro atoms. The molecular weight excluding hydrogens is 457 g/mol. The predicted octanol–water partition coefficient (Wildman–Crippen LogP) is 0.758. The third-order valence-corrected chi connectivity index (χ3v) is 6.50. The highest BCUT2D eigenvalue weighted by molar-refractivity contribution is 7.89. The lowest BCUT2D eigenvalue weighted by atomic mass is 10.2. The van der Waals surface area contributed by atoms with Crippen LogP contribution in [0.4, 0.5) is 10.1 Å². The number of benzene rings is 2. The van der Waals surface area contributed by atoms with Crippen molar-refractivity contribution in [3.05, 3.63) is 59.9 Å². The predicted molar refractivity (Wildman–Crippen MR) is 114 cm³/mol. The van der Waals surface area contributed by atoms with Crippen LogP contribution in [-0.2, 0) is 29.1 Å². The molecule has 0 aromatic heterocycles. The molecule has 0 atom stereocenters. The van der Waals surface area contributed by atoms with Crippen LogP contribution in [0.15, 0.2) is 53.4 Å². The van der Waals surface area contributed by atoms with Crippen LogP contribution in [0, 0.1) is 5.82 Å². The van der Waals surface area contributed by atoms with Crippen molar-refractivity contribution in [3.8, 4) is 0 Å². The Labute approximate surface area is 189 Å². The minimum Gasteiger partial charge on any atom is -0.454 e. The summed E-state index contributed by atoms with van der Waals surface area (Å²) in [6.07, 6.45) is 0. The van der Waals surface area contributed by atoms with Gasteiger partial charge in [0.1, 0.15) is 12.4 Å². The second-order valence-electron chi connectivity index (χ2n) is 6.94. The lowest BCUT2D eigenvalue weighted by Crippen LogP contribution is -2.40. The molecule has 0 unspecified atom stereocenters. The summed E-state index contributed by atoms with van der Waals surface area (Å²) in [5, 5.41) is 4.75. The van der Waals surface area contributed by atoms with Gasteiger partial charge in [-0.3, -0.25) is 14.4 Å². The first-order valence-electron chi connectivity index (χ1n) is 9.93. The summed E-state index contributed by atoms with van der Waals surface area (Å²) in [5.74, 6) is -2.76. The number of nitrogens with zero attached hydrogens (tertiary/aromatic N) is 1. The molecule has 33 heavy (non-hydrogen) atoms. The van der Waals surface area contributed by atoms with Gasteiger partial charge in [-0.25, -0.2) is 12.8 Å². The zero-order valence-electron chi connectivity index (χ0n) is 17.5. The van der Waals surface area contributed by atoms with Crippen molar-refractivity contribution >= 4 is 33.5 Å². The molecule has 1 aliphatic heterocycles. The van der Waals surface area contributed by atoms with E-state index in [1.165, 1.54) is 46.8 Å². The zero-order chi connectivity index (χ0) is 23.8. The van der Waals surface area contributed by atoms with Crippen LogP contribution in [0.3, 0.4) is 0 Å². The average Bonchev–Trinajstić information content (AvgIpc) is 2.82. The molecule has 176 valence electrons.